The van der Waals surface area contributed by atoms with Crippen LogP contribution in [0.2, 0.25) is 0 Å². The molecule has 0 saturated heterocycles. The molecule has 10 aromatic rings. The molecule has 1 nitrogen and oxygen atoms in total. The van der Waals surface area contributed by atoms with Gasteiger partial charge in [0.2, 0.25) is 0 Å². The molecule has 0 aliphatic heterocycles. The summed E-state index contributed by atoms with van der Waals surface area (Å²) >= 11 is 3.80. The highest BCUT2D eigenvalue weighted by molar-refractivity contribution is 7.27. The van der Waals surface area contributed by atoms with Gasteiger partial charge in [0, 0.05) is 41.3 Å². The van der Waals surface area contributed by atoms with Crippen LogP contribution in [-0.4, -0.2) is 0 Å². The van der Waals surface area contributed by atoms with E-state index in [4.69, 9.17) is 0 Å². The predicted molar refractivity (Wildman–Crippen MR) is 224 cm³/mol. The first-order valence-corrected chi connectivity index (χ1v) is 19.4. The molecule has 1 aliphatic carbocycles. The maximum Gasteiger partial charge on any atom is 0.0727 e. The number of hydrogen-bond acceptors (Lipinski definition) is 3. The first kappa shape index (κ1) is 29.7. The molecule has 0 bridgehead atoms. The fourth-order valence-electron chi connectivity index (χ4n) is 8.88. The van der Waals surface area contributed by atoms with Gasteiger partial charge < -0.3 is 4.90 Å². The van der Waals surface area contributed by atoms with E-state index in [9.17, 15) is 0 Å². The standard InChI is InChI=1S/C49H31NS2/c1-3-16-32(17-4-1)49(39-25-10-7-20-34(39)35-21-8-11-26-40(35)49)41-27-13-23-36-37-24-14-29-43(48(37)52-47(36)41)50(33-18-5-2-6-19-33)42-28-15-31-45-46(42)38-22-9-12-30-44(38)51-45/h1-31H. The van der Waals surface area contributed by atoms with E-state index in [-0.39, 0.29) is 0 Å². The number of anilines is 3. The van der Waals surface area contributed by atoms with Gasteiger partial charge in [-0.05, 0) is 69.8 Å². The molecule has 0 saturated carbocycles. The fourth-order valence-corrected chi connectivity index (χ4v) is 11.4. The zero-order chi connectivity index (χ0) is 34.2. The molecule has 1 aliphatic rings. The van der Waals surface area contributed by atoms with Crippen LogP contribution in [-0.2, 0) is 5.41 Å². The van der Waals surface area contributed by atoms with E-state index in [0.717, 1.165) is 5.69 Å². The molecule has 0 radical (unpaired) electrons. The molecule has 0 amide bonds. The molecule has 0 fully saturated rings. The maximum absolute atomic E-state index is 2.49. The second-order valence-electron chi connectivity index (χ2n) is 13.6. The zero-order valence-electron chi connectivity index (χ0n) is 28.2. The average Bonchev–Trinajstić information content (AvgIpc) is 3.88. The van der Waals surface area contributed by atoms with Crippen molar-refractivity contribution in [3.8, 4) is 11.1 Å². The van der Waals surface area contributed by atoms with Crippen molar-refractivity contribution in [2.45, 2.75) is 5.41 Å². The molecular formula is C49H31NS2. The van der Waals surface area contributed by atoms with Gasteiger partial charge in [0.15, 0.2) is 0 Å². The Hall–Kier alpha value is -6.00. The number of thiophene rings is 2. The lowest BCUT2D eigenvalue weighted by Gasteiger charge is -2.34. The van der Waals surface area contributed by atoms with Crippen LogP contribution in [0.3, 0.4) is 0 Å². The monoisotopic (exact) mass is 697 g/mol. The van der Waals surface area contributed by atoms with Crippen LogP contribution in [0.5, 0.6) is 0 Å². The van der Waals surface area contributed by atoms with Gasteiger partial charge >= 0.3 is 0 Å². The number of fused-ring (bicyclic) bond motifs is 9. The third-order valence-electron chi connectivity index (χ3n) is 10.9. The number of hydrogen-bond donors (Lipinski definition) is 0. The van der Waals surface area contributed by atoms with E-state index in [0.29, 0.717) is 0 Å². The highest BCUT2D eigenvalue weighted by Crippen LogP contribution is 2.59. The number of rotatable bonds is 5. The Bertz CT molecular complexity index is 2930. The van der Waals surface area contributed by atoms with E-state index >= 15 is 0 Å². The average molecular weight is 698 g/mol. The summed E-state index contributed by atoms with van der Waals surface area (Å²) in [6.07, 6.45) is 0. The van der Waals surface area contributed by atoms with Gasteiger partial charge in [-0.2, -0.15) is 0 Å². The molecule has 0 atom stereocenters. The number of benzene rings is 8. The Kier molecular flexibility index (Phi) is 6.57. The van der Waals surface area contributed by atoms with Crippen LogP contribution in [0.15, 0.2) is 188 Å². The normalized spacial score (nSPS) is 13.2. The van der Waals surface area contributed by atoms with E-state index in [1.54, 1.807) is 0 Å². The molecule has 52 heavy (non-hydrogen) atoms. The summed E-state index contributed by atoms with van der Waals surface area (Å²) in [5.74, 6) is 0. The second kappa shape index (κ2) is 11.5. The minimum atomic E-state index is -0.463. The number of nitrogens with zero attached hydrogens (tertiary/aromatic N) is 1. The zero-order valence-corrected chi connectivity index (χ0v) is 29.8. The molecule has 2 aromatic heterocycles. The van der Waals surface area contributed by atoms with E-state index < -0.39 is 5.41 Å². The second-order valence-corrected chi connectivity index (χ2v) is 15.7. The van der Waals surface area contributed by atoms with Crippen molar-refractivity contribution < 1.29 is 0 Å². The highest BCUT2D eigenvalue weighted by Gasteiger charge is 2.47. The van der Waals surface area contributed by atoms with Crippen LogP contribution in [0, 0.1) is 0 Å². The highest BCUT2D eigenvalue weighted by atomic mass is 32.1. The molecule has 244 valence electrons. The fraction of sp³-hybridized carbons (Fsp3) is 0.0204. The molecule has 3 heteroatoms. The predicted octanol–water partition coefficient (Wildman–Crippen LogP) is 14.3. The topological polar surface area (TPSA) is 3.24 Å². The summed E-state index contributed by atoms with van der Waals surface area (Å²) in [6, 6.07) is 69.5. The smallest absolute Gasteiger partial charge is 0.0727 e. The molecule has 2 heterocycles. The molecule has 11 rings (SSSR count). The maximum atomic E-state index is 2.49. The summed E-state index contributed by atoms with van der Waals surface area (Å²) in [6.45, 7) is 0. The van der Waals surface area contributed by atoms with Gasteiger partial charge in [-0.15, -0.1) is 22.7 Å². The van der Waals surface area contributed by atoms with Crippen molar-refractivity contribution in [2.24, 2.45) is 0 Å². The lowest BCUT2D eigenvalue weighted by molar-refractivity contribution is 0.778. The molecule has 0 N–H and O–H groups in total. The molecular weight excluding hydrogens is 667 g/mol. The van der Waals surface area contributed by atoms with Gasteiger partial charge in [-0.25, -0.2) is 0 Å². The van der Waals surface area contributed by atoms with Crippen molar-refractivity contribution >= 4 is 80.1 Å². The van der Waals surface area contributed by atoms with Crippen LogP contribution < -0.4 is 4.90 Å². The Morgan fingerprint density at radius 2 is 0.904 bits per heavy atom. The van der Waals surface area contributed by atoms with Crippen molar-refractivity contribution in [3.63, 3.8) is 0 Å². The Morgan fingerprint density at radius 3 is 1.67 bits per heavy atom. The Morgan fingerprint density at radius 1 is 0.365 bits per heavy atom. The van der Waals surface area contributed by atoms with Crippen LogP contribution in [0.4, 0.5) is 17.1 Å². The van der Waals surface area contributed by atoms with E-state index in [1.807, 2.05) is 22.7 Å². The largest absolute Gasteiger partial charge is 0.308 e. The van der Waals surface area contributed by atoms with Crippen LogP contribution in [0.25, 0.3) is 51.5 Å². The third kappa shape index (κ3) is 4.09. The van der Waals surface area contributed by atoms with Crippen molar-refractivity contribution in [3.05, 3.63) is 210 Å². The first-order chi connectivity index (χ1) is 25.8. The minimum absolute atomic E-state index is 0.463. The molecule has 8 aromatic carbocycles. The Labute approximate surface area is 310 Å². The summed E-state index contributed by atoms with van der Waals surface area (Å²) in [5, 5.41) is 5.18. The summed E-state index contributed by atoms with van der Waals surface area (Å²) < 4.78 is 5.22. The quantitative estimate of drug-likeness (QED) is 0.173. The van der Waals surface area contributed by atoms with Gasteiger partial charge in [-0.1, -0.05) is 152 Å². The third-order valence-corrected chi connectivity index (χ3v) is 13.4. The van der Waals surface area contributed by atoms with Gasteiger partial charge in [0.1, 0.15) is 0 Å². The summed E-state index contributed by atoms with van der Waals surface area (Å²) in [4.78, 5) is 2.49. The summed E-state index contributed by atoms with van der Waals surface area (Å²) in [7, 11) is 0. The lowest BCUT2D eigenvalue weighted by Crippen LogP contribution is -2.28. The molecule has 0 unspecified atom stereocenters. The van der Waals surface area contributed by atoms with Crippen LogP contribution in [0.1, 0.15) is 22.3 Å². The minimum Gasteiger partial charge on any atom is -0.308 e. The van der Waals surface area contributed by atoms with Gasteiger partial charge in [-0.3, -0.25) is 0 Å². The van der Waals surface area contributed by atoms with Crippen molar-refractivity contribution in [2.75, 3.05) is 4.90 Å². The Balaban J connectivity index is 1.24. The lowest BCUT2D eigenvalue weighted by atomic mass is 9.67. The van der Waals surface area contributed by atoms with E-state index in [2.05, 4.69) is 193 Å². The SMILES string of the molecule is c1ccc(N(c2cccc3c2sc2c(C4(c5ccccc5)c5ccccc5-c5ccccc54)cccc23)c2cccc3sc4ccccc4c23)cc1. The summed E-state index contributed by atoms with van der Waals surface area (Å²) in [5.41, 5.74) is 11.0. The molecule has 0 spiro atoms. The van der Waals surface area contributed by atoms with Crippen LogP contribution >= 0.6 is 22.7 Å². The van der Waals surface area contributed by atoms with Gasteiger partial charge in [0.05, 0.1) is 21.5 Å². The van der Waals surface area contributed by atoms with Crippen molar-refractivity contribution in [1.29, 1.82) is 0 Å². The van der Waals surface area contributed by atoms with Gasteiger partial charge in [0.25, 0.3) is 0 Å². The van der Waals surface area contributed by atoms with E-state index in [1.165, 1.54) is 85.1 Å². The number of para-hydroxylation sites is 1. The van der Waals surface area contributed by atoms with Crippen molar-refractivity contribution in [1.82, 2.24) is 0 Å². The first-order valence-electron chi connectivity index (χ1n) is 17.8.